The largest absolute Gasteiger partial charge is 0.418 e. The molecule has 24 heavy (non-hydrogen) atoms. The lowest BCUT2D eigenvalue weighted by Crippen LogP contribution is -2.18. The summed E-state index contributed by atoms with van der Waals surface area (Å²) in [7, 11) is 0. The molecular formula is C17H15ClF3NOS. The zero-order chi connectivity index (χ0) is 17.7. The van der Waals surface area contributed by atoms with E-state index in [0.717, 1.165) is 17.2 Å². The average molecular weight is 374 g/mol. The molecule has 2 nitrogen and oxygen atoms in total. The Morgan fingerprint density at radius 2 is 1.92 bits per heavy atom. The summed E-state index contributed by atoms with van der Waals surface area (Å²) in [4.78, 5) is 11.9. The van der Waals surface area contributed by atoms with Gasteiger partial charge in [0, 0.05) is 5.75 Å². The van der Waals surface area contributed by atoms with Crippen molar-refractivity contribution in [3.63, 3.8) is 0 Å². The smallest absolute Gasteiger partial charge is 0.324 e. The quantitative estimate of drug-likeness (QED) is 0.745. The Hall–Kier alpha value is -1.66. The second kappa shape index (κ2) is 7.94. The number of nitrogens with one attached hydrogen (secondary N) is 1. The van der Waals surface area contributed by atoms with Crippen LogP contribution in [0.3, 0.4) is 0 Å². The number of aryl methyl sites for hydroxylation is 1. The van der Waals surface area contributed by atoms with Crippen molar-refractivity contribution in [2.75, 3.05) is 11.1 Å². The third-order valence-corrected chi connectivity index (χ3v) is 4.49. The highest BCUT2D eigenvalue weighted by Crippen LogP contribution is 2.38. The van der Waals surface area contributed by atoms with Gasteiger partial charge in [-0.3, -0.25) is 4.79 Å². The first kappa shape index (κ1) is 18.7. The molecular weight excluding hydrogens is 359 g/mol. The van der Waals surface area contributed by atoms with Crippen molar-refractivity contribution in [1.29, 1.82) is 0 Å². The highest BCUT2D eigenvalue weighted by atomic mass is 35.5. The van der Waals surface area contributed by atoms with Crippen LogP contribution in [0.4, 0.5) is 18.9 Å². The van der Waals surface area contributed by atoms with Crippen LogP contribution >= 0.6 is 23.4 Å². The SMILES string of the molecule is Cc1cccc(CSCC(=O)Nc2c(Cl)cccc2C(F)(F)F)c1. The molecule has 1 amide bonds. The number of hydrogen-bond acceptors (Lipinski definition) is 2. The molecule has 0 aliphatic carbocycles. The van der Waals surface area contributed by atoms with Crippen molar-refractivity contribution in [2.24, 2.45) is 0 Å². The first-order chi connectivity index (χ1) is 11.3. The third kappa shape index (κ3) is 5.18. The molecule has 0 unspecified atom stereocenters. The van der Waals surface area contributed by atoms with Crippen LogP contribution in [0.1, 0.15) is 16.7 Å². The van der Waals surface area contributed by atoms with Crippen molar-refractivity contribution in [3.8, 4) is 0 Å². The predicted octanol–water partition coefficient (Wildman–Crippen LogP) is 5.54. The minimum Gasteiger partial charge on any atom is -0.324 e. The van der Waals surface area contributed by atoms with Crippen LogP contribution < -0.4 is 5.32 Å². The highest BCUT2D eigenvalue weighted by molar-refractivity contribution is 7.99. The number of amides is 1. The van der Waals surface area contributed by atoms with E-state index in [2.05, 4.69) is 5.32 Å². The maximum atomic E-state index is 13.0. The van der Waals surface area contributed by atoms with Crippen molar-refractivity contribution in [1.82, 2.24) is 0 Å². The maximum Gasteiger partial charge on any atom is 0.418 e. The van der Waals surface area contributed by atoms with Gasteiger partial charge in [0.05, 0.1) is 22.0 Å². The molecule has 7 heteroatoms. The standard InChI is InChI=1S/C17H15ClF3NOS/c1-11-4-2-5-12(8-11)9-24-10-15(23)22-16-13(17(19,20)21)6-3-7-14(16)18/h2-8H,9-10H2,1H3,(H,22,23). The van der Waals surface area contributed by atoms with E-state index < -0.39 is 23.3 Å². The topological polar surface area (TPSA) is 29.1 Å². The first-order valence-corrected chi connectivity index (χ1v) is 8.59. The summed E-state index contributed by atoms with van der Waals surface area (Å²) in [6.45, 7) is 1.97. The van der Waals surface area contributed by atoms with Gasteiger partial charge in [0.1, 0.15) is 0 Å². The molecule has 128 valence electrons. The van der Waals surface area contributed by atoms with Crippen LogP contribution in [-0.2, 0) is 16.7 Å². The van der Waals surface area contributed by atoms with Crippen LogP contribution in [0.15, 0.2) is 42.5 Å². The van der Waals surface area contributed by atoms with Gasteiger partial charge in [-0.15, -0.1) is 11.8 Å². The van der Waals surface area contributed by atoms with Gasteiger partial charge in [-0.25, -0.2) is 0 Å². The maximum absolute atomic E-state index is 13.0. The number of para-hydroxylation sites is 1. The molecule has 0 bridgehead atoms. The Bertz CT molecular complexity index is 734. The molecule has 2 aromatic rings. The molecule has 0 fully saturated rings. The van der Waals surface area contributed by atoms with Crippen molar-refractivity contribution >= 4 is 35.0 Å². The fourth-order valence-electron chi connectivity index (χ4n) is 2.13. The van der Waals surface area contributed by atoms with E-state index in [0.29, 0.717) is 5.75 Å². The van der Waals surface area contributed by atoms with Crippen LogP contribution in [-0.4, -0.2) is 11.7 Å². The molecule has 0 aliphatic rings. The Balaban J connectivity index is 1.98. The Labute approximate surface area is 147 Å². The molecule has 0 saturated heterocycles. The summed E-state index contributed by atoms with van der Waals surface area (Å²) >= 11 is 7.13. The van der Waals surface area contributed by atoms with Crippen molar-refractivity contribution < 1.29 is 18.0 Å². The van der Waals surface area contributed by atoms with Crippen LogP contribution in [0.2, 0.25) is 5.02 Å². The van der Waals surface area contributed by atoms with Gasteiger partial charge in [0.2, 0.25) is 5.91 Å². The molecule has 0 spiro atoms. The number of carbonyl (C=O) groups is 1. The van der Waals surface area contributed by atoms with E-state index in [1.165, 1.54) is 23.9 Å². The van der Waals surface area contributed by atoms with E-state index in [1.54, 1.807) is 0 Å². The van der Waals surface area contributed by atoms with E-state index >= 15 is 0 Å². The number of halogens is 4. The normalized spacial score (nSPS) is 11.4. The summed E-state index contributed by atoms with van der Waals surface area (Å²) < 4.78 is 38.9. The molecule has 1 N–H and O–H groups in total. The molecule has 0 aliphatic heterocycles. The average Bonchev–Trinajstić information content (AvgIpc) is 2.48. The van der Waals surface area contributed by atoms with E-state index in [9.17, 15) is 18.0 Å². The molecule has 0 aromatic heterocycles. The molecule has 0 atom stereocenters. The fraction of sp³-hybridized carbons (Fsp3) is 0.235. The zero-order valence-electron chi connectivity index (χ0n) is 12.8. The number of carbonyl (C=O) groups excluding carboxylic acids is 1. The van der Waals surface area contributed by atoms with Crippen molar-refractivity contribution in [2.45, 2.75) is 18.9 Å². The van der Waals surface area contributed by atoms with Gasteiger partial charge >= 0.3 is 6.18 Å². The van der Waals surface area contributed by atoms with Crippen molar-refractivity contribution in [3.05, 3.63) is 64.2 Å². The van der Waals surface area contributed by atoms with Gasteiger partial charge in [0.25, 0.3) is 0 Å². The predicted molar refractivity (Wildman–Crippen MR) is 92.4 cm³/mol. The number of hydrogen-bond donors (Lipinski definition) is 1. The van der Waals surface area contributed by atoms with E-state index in [-0.39, 0.29) is 10.8 Å². The lowest BCUT2D eigenvalue weighted by molar-refractivity contribution is -0.137. The van der Waals surface area contributed by atoms with Crippen LogP contribution in [0, 0.1) is 6.92 Å². The summed E-state index contributed by atoms with van der Waals surface area (Å²) in [6, 6.07) is 11.2. The monoisotopic (exact) mass is 373 g/mol. The Morgan fingerprint density at radius 3 is 2.58 bits per heavy atom. The van der Waals surface area contributed by atoms with Crippen LogP contribution in [0.5, 0.6) is 0 Å². The molecule has 0 heterocycles. The number of benzene rings is 2. The van der Waals surface area contributed by atoms with Gasteiger partial charge in [-0.1, -0.05) is 47.5 Å². The number of rotatable bonds is 5. The van der Waals surface area contributed by atoms with E-state index in [1.807, 2.05) is 31.2 Å². The minimum atomic E-state index is -4.58. The third-order valence-electron chi connectivity index (χ3n) is 3.17. The first-order valence-electron chi connectivity index (χ1n) is 7.06. The summed E-state index contributed by atoms with van der Waals surface area (Å²) in [5.74, 6) is 0.117. The number of anilines is 1. The Morgan fingerprint density at radius 1 is 1.21 bits per heavy atom. The molecule has 0 radical (unpaired) electrons. The lowest BCUT2D eigenvalue weighted by atomic mass is 10.1. The fourth-order valence-corrected chi connectivity index (χ4v) is 3.12. The summed E-state index contributed by atoms with van der Waals surface area (Å²) in [6.07, 6.45) is -4.58. The second-order valence-electron chi connectivity index (χ2n) is 5.19. The number of thioether (sulfide) groups is 1. The molecule has 2 rings (SSSR count). The van der Waals surface area contributed by atoms with Gasteiger partial charge in [-0.05, 0) is 24.6 Å². The number of alkyl halides is 3. The van der Waals surface area contributed by atoms with E-state index in [4.69, 9.17) is 11.6 Å². The second-order valence-corrected chi connectivity index (χ2v) is 6.58. The minimum absolute atomic E-state index is 0.0382. The molecule has 0 saturated carbocycles. The summed E-state index contributed by atoms with van der Waals surface area (Å²) in [5, 5.41) is 2.13. The highest BCUT2D eigenvalue weighted by Gasteiger charge is 2.34. The summed E-state index contributed by atoms with van der Waals surface area (Å²) in [5.41, 5.74) is 0.824. The van der Waals surface area contributed by atoms with Gasteiger partial charge in [0.15, 0.2) is 0 Å². The zero-order valence-corrected chi connectivity index (χ0v) is 14.4. The van der Waals surface area contributed by atoms with Gasteiger partial charge < -0.3 is 5.32 Å². The molecule has 2 aromatic carbocycles. The van der Waals surface area contributed by atoms with Gasteiger partial charge in [-0.2, -0.15) is 13.2 Å². The van der Waals surface area contributed by atoms with Crippen LogP contribution in [0.25, 0.3) is 0 Å². The Kier molecular flexibility index (Phi) is 6.18. The lowest BCUT2D eigenvalue weighted by Gasteiger charge is -2.15.